The highest BCUT2D eigenvalue weighted by Crippen LogP contribution is 2.42. The number of hydrogen-bond acceptors (Lipinski definition) is 2. The molecule has 2 heterocycles. The van der Waals surface area contributed by atoms with Gasteiger partial charge in [0.2, 0.25) is 0 Å². The number of ketones is 1. The molecule has 2 aliphatic rings. The van der Waals surface area contributed by atoms with Gasteiger partial charge in [-0.3, -0.25) is 9.69 Å². The van der Waals surface area contributed by atoms with Gasteiger partial charge in [-0.2, -0.15) is 0 Å². The Morgan fingerprint density at radius 3 is 2.65 bits per heavy atom. The van der Waals surface area contributed by atoms with E-state index in [9.17, 15) is 4.79 Å². The van der Waals surface area contributed by atoms with Gasteiger partial charge in [0, 0.05) is 27.6 Å². The SMILES string of the molecule is CCC(=O)C1=C(c2ccc(I)cc2)CC2CC[C@H]1N2C. The molecule has 0 aromatic heterocycles. The Balaban J connectivity index is 2.10. The normalized spacial score (nSPS) is 26.1. The second-order valence-electron chi connectivity index (χ2n) is 5.79. The maximum atomic E-state index is 12.5. The first-order valence-electron chi connectivity index (χ1n) is 7.36. The highest BCUT2D eigenvalue weighted by atomic mass is 127. The maximum absolute atomic E-state index is 12.5. The zero-order valence-electron chi connectivity index (χ0n) is 12.0. The van der Waals surface area contributed by atoms with Gasteiger partial charge in [-0.25, -0.2) is 0 Å². The van der Waals surface area contributed by atoms with Gasteiger partial charge in [-0.15, -0.1) is 0 Å². The van der Waals surface area contributed by atoms with Gasteiger partial charge >= 0.3 is 0 Å². The van der Waals surface area contributed by atoms with E-state index in [4.69, 9.17) is 0 Å². The summed E-state index contributed by atoms with van der Waals surface area (Å²) in [6.45, 7) is 1.97. The molecule has 2 atom stereocenters. The van der Waals surface area contributed by atoms with Gasteiger partial charge < -0.3 is 0 Å². The van der Waals surface area contributed by atoms with E-state index in [1.807, 2.05) is 6.92 Å². The number of carbonyl (C=O) groups is 1. The van der Waals surface area contributed by atoms with Crippen molar-refractivity contribution in [3.8, 4) is 0 Å². The van der Waals surface area contributed by atoms with E-state index < -0.39 is 0 Å². The third-order valence-electron chi connectivity index (χ3n) is 4.75. The molecule has 3 heteroatoms. The molecule has 1 aromatic rings. The van der Waals surface area contributed by atoms with Crippen LogP contribution in [0.5, 0.6) is 0 Å². The molecule has 106 valence electrons. The van der Waals surface area contributed by atoms with Crippen molar-refractivity contribution in [2.45, 2.75) is 44.7 Å². The molecule has 0 spiro atoms. The first-order valence-corrected chi connectivity index (χ1v) is 8.43. The van der Waals surface area contributed by atoms with Crippen molar-refractivity contribution in [3.63, 3.8) is 0 Å². The fraction of sp³-hybridized carbons (Fsp3) is 0.471. The van der Waals surface area contributed by atoms with Crippen LogP contribution in [0.1, 0.15) is 38.2 Å². The second-order valence-corrected chi connectivity index (χ2v) is 7.04. The number of benzene rings is 1. The van der Waals surface area contributed by atoms with E-state index in [0.29, 0.717) is 24.3 Å². The molecule has 2 aliphatic heterocycles. The minimum Gasteiger partial charge on any atom is -0.296 e. The lowest BCUT2D eigenvalue weighted by molar-refractivity contribution is -0.115. The first-order chi connectivity index (χ1) is 9.61. The van der Waals surface area contributed by atoms with Crippen LogP contribution in [0.25, 0.3) is 5.57 Å². The van der Waals surface area contributed by atoms with Crippen molar-refractivity contribution in [1.82, 2.24) is 4.90 Å². The average molecular weight is 381 g/mol. The van der Waals surface area contributed by atoms with Crippen molar-refractivity contribution in [1.29, 1.82) is 0 Å². The second kappa shape index (κ2) is 5.60. The summed E-state index contributed by atoms with van der Waals surface area (Å²) >= 11 is 2.33. The maximum Gasteiger partial charge on any atom is 0.160 e. The Morgan fingerprint density at radius 2 is 2.00 bits per heavy atom. The van der Waals surface area contributed by atoms with E-state index in [1.165, 1.54) is 21.1 Å². The van der Waals surface area contributed by atoms with Crippen molar-refractivity contribution in [3.05, 3.63) is 39.0 Å². The summed E-state index contributed by atoms with van der Waals surface area (Å²) in [4.78, 5) is 14.9. The molecule has 0 aliphatic carbocycles. The molecule has 1 saturated heterocycles. The van der Waals surface area contributed by atoms with Crippen LogP contribution in [0.2, 0.25) is 0 Å². The van der Waals surface area contributed by atoms with E-state index in [-0.39, 0.29) is 0 Å². The summed E-state index contributed by atoms with van der Waals surface area (Å²) in [5.74, 6) is 0.329. The first kappa shape index (κ1) is 14.3. The number of halogens is 1. The molecule has 2 bridgehead atoms. The fourth-order valence-electron chi connectivity index (χ4n) is 3.62. The Bertz CT molecular complexity index is 561. The molecule has 20 heavy (non-hydrogen) atoms. The van der Waals surface area contributed by atoms with Crippen LogP contribution < -0.4 is 0 Å². The molecular formula is C17H20INO. The monoisotopic (exact) mass is 381 g/mol. The third kappa shape index (κ3) is 2.35. The summed E-state index contributed by atoms with van der Waals surface area (Å²) < 4.78 is 1.24. The highest BCUT2D eigenvalue weighted by molar-refractivity contribution is 14.1. The van der Waals surface area contributed by atoms with Gasteiger partial charge in [0.1, 0.15) is 0 Å². The van der Waals surface area contributed by atoms with Crippen LogP contribution in [-0.4, -0.2) is 29.8 Å². The van der Waals surface area contributed by atoms with Gasteiger partial charge in [-0.1, -0.05) is 19.1 Å². The predicted molar refractivity (Wildman–Crippen MR) is 90.6 cm³/mol. The number of nitrogens with zero attached hydrogens (tertiary/aromatic N) is 1. The number of carbonyl (C=O) groups excluding carboxylic acids is 1. The molecule has 0 saturated carbocycles. The minimum absolute atomic E-state index is 0.329. The van der Waals surface area contributed by atoms with Gasteiger partial charge in [-0.05, 0) is 72.2 Å². The van der Waals surface area contributed by atoms with E-state index in [1.54, 1.807) is 0 Å². The fourth-order valence-corrected chi connectivity index (χ4v) is 3.98. The molecule has 0 radical (unpaired) electrons. The van der Waals surface area contributed by atoms with Crippen LogP contribution in [0, 0.1) is 3.57 Å². The minimum atomic E-state index is 0.329. The van der Waals surface area contributed by atoms with Crippen LogP contribution >= 0.6 is 22.6 Å². The molecule has 1 fully saturated rings. The summed E-state index contributed by atoms with van der Waals surface area (Å²) in [6, 6.07) is 9.57. The van der Waals surface area contributed by atoms with Crippen LogP contribution in [0.15, 0.2) is 29.8 Å². The number of Topliss-reactive ketones (excluding diaryl/α,β-unsaturated/α-hetero) is 1. The standard InChI is InChI=1S/C17H20INO/c1-3-16(20)17-14(11-4-6-12(18)7-5-11)10-13-8-9-15(17)19(13)2/h4-7,13,15H,3,8-10H2,1-2H3/t13?,15-/m1/s1. The lowest BCUT2D eigenvalue weighted by atomic mass is 9.86. The number of hydrogen-bond donors (Lipinski definition) is 0. The molecular weight excluding hydrogens is 361 g/mol. The van der Waals surface area contributed by atoms with Gasteiger partial charge in [0.25, 0.3) is 0 Å². The quantitative estimate of drug-likeness (QED) is 0.741. The molecule has 0 amide bonds. The predicted octanol–water partition coefficient (Wildman–Crippen LogP) is 3.89. The summed E-state index contributed by atoms with van der Waals surface area (Å²) in [5.41, 5.74) is 3.64. The zero-order valence-corrected chi connectivity index (χ0v) is 14.2. The summed E-state index contributed by atoms with van der Waals surface area (Å²) in [7, 11) is 2.18. The highest BCUT2D eigenvalue weighted by Gasteiger charge is 2.41. The van der Waals surface area contributed by atoms with Crippen LogP contribution in [0.3, 0.4) is 0 Å². The molecule has 1 aromatic carbocycles. The van der Waals surface area contributed by atoms with Crippen molar-refractivity contribution >= 4 is 33.9 Å². The molecule has 2 nitrogen and oxygen atoms in total. The topological polar surface area (TPSA) is 20.3 Å². The number of likely N-dealkylation sites (N-methyl/N-ethyl adjacent to an activating group) is 1. The van der Waals surface area contributed by atoms with Crippen LogP contribution in [-0.2, 0) is 4.79 Å². The summed E-state index contributed by atoms with van der Waals surface area (Å²) in [6.07, 6.45) is 3.98. The summed E-state index contributed by atoms with van der Waals surface area (Å²) in [5, 5.41) is 0. The molecule has 3 rings (SSSR count). The smallest absolute Gasteiger partial charge is 0.160 e. The molecule has 0 N–H and O–H groups in total. The Morgan fingerprint density at radius 1 is 1.30 bits per heavy atom. The van der Waals surface area contributed by atoms with Crippen molar-refractivity contribution in [2.24, 2.45) is 0 Å². The lowest BCUT2D eigenvalue weighted by Gasteiger charge is -2.35. The number of rotatable bonds is 3. The largest absolute Gasteiger partial charge is 0.296 e. The van der Waals surface area contributed by atoms with E-state index >= 15 is 0 Å². The van der Waals surface area contributed by atoms with Crippen LogP contribution in [0.4, 0.5) is 0 Å². The van der Waals surface area contributed by atoms with Crippen molar-refractivity contribution < 1.29 is 4.79 Å². The molecule has 1 unspecified atom stereocenters. The van der Waals surface area contributed by atoms with Crippen molar-refractivity contribution in [2.75, 3.05) is 7.05 Å². The van der Waals surface area contributed by atoms with E-state index in [0.717, 1.165) is 18.4 Å². The Labute approximate surface area is 134 Å². The Hall–Kier alpha value is -0.680. The number of fused-ring (bicyclic) bond motifs is 2. The Kier molecular flexibility index (Phi) is 4.00. The van der Waals surface area contributed by atoms with E-state index in [2.05, 4.69) is 58.8 Å². The van der Waals surface area contributed by atoms with Gasteiger partial charge in [0.15, 0.2) is 5.78 Å². The third-order valence-corrected chi connectivity index (χ3v) is 5.47. The average Bonchev–Trinajstić information content (AvgIpc) is 2.70. The van der Waals surface area contributed by atoms with Gasteiger partial charge in [0.05, 0.1) is 0 Å². The zero-order chi connectivity index (χ0) is 14.3. The lowest BCUT2D eigenvalue weighted by Crippen LogP contribution is -2.39.